The van der Waals surface area contributed by atoms with Crippen LogP contribution in [0.5, 0.6) is 0 Å². The van der Waals surface area contributed by atoms with Crippen LogP contribution in [0.3, 0.4) is 0 Å². The molecule has 0 aliphatic carbocycles. The third-order valence-electron chi connectivity index (χ3n) is 2.60. The van der Waals surface area contributed by atoms with Crippen LogP contribution in [0.4, 0.5) is 0 Å². The van der Waals surface area contributed by atoms with Crippen LogP contribution in [0.2, 0.25) is 0 Å². The molecule has 1 aliphatic rings. The minimum Gasteiger partial charge on any atom is -0.279 e. The molecule has 1 rings (SSSR count). The molecule has 0 unspecified atom stereocenters. The summed E-state index contributed by atoms with van der Waals surface area (Å²) in [5.41, 5.74) is 1.34. The normalized spacial score (nSPS) is 27.8. The van der Waals surface area contributed by atoms with Gasteiger partial charge in [-0.3, -0.25) is 4.99 Å². The number of thioether (sulfide) groups is 1. The van der Waals surface area contributed by atoms with Gasteiger partial charge in [0.1, 0.15) is 0 Å². The first kappa shape index (κ1) is 11.1. The summed E-state index contributed by atoms with van der Waals surface area (Å²) in [4.78, 5) is 4.65. The van der Waals surface area contributed by atoms with Crippen molar-refractivity contribution >= 4 is 17.5 Å². The zero-order valence-electron chi connectivity index (χ0n) is 9.05. The van der Waals surface area contributed by atoms with E-state index in [2.05, 4.69) is 25.8 Å². The van der Waals surface area contributed by atoms with Crippen molar-refractivity contribution in [2.24, 2.45) is 4.99 Å². The van der Waals surface area contributed by atoms with E-state index in [1.165, 1.54) is 37.8 Å². The Labute approximate surface area is 86.4 Å². The lowest BCUT2D eigenvalue weighted by molar-refractivity contribution is 0.626. The molecule has 1 nitrogen and oxygen atoms in total. The highest BCUT2D eigenvalue weighted by Crippen LogP contribution is 2.30. The zero-order valence-corrected chi connectivity index (χ0v) is 9.86. The van der Waals surface area contributed by atoms with Crippen LogP contribution >= 0.6 is 11.8 Å². The Morgan fingerprint density at radius 2 is 2.08 bits per heavy atom. The van der Waals surface area contributed by atoms with E-state index in [1.807, 2.05) is 11.8 Å². The summed E-state index contributed by atoms with van der Waals surface area (Å²) < 4.78 is 0. The Morgan fingerprint density at radius 3 is 2.62 bits per heavy atom. The highest BCUT2D eigenvalue weighted by atomic mass is 32.2. The lowest BCUT2D eigenvalue weighted by Crippen LogP contribution is -2.02. The van der Waals surface area contributed by atoms with E-state index in [0.29, 0.717) is 10.6 Å². The van der Waals surface area contributed by atoms with Gasteiger partial charge in [-0.15, -0.1) is 11.8 Å². The van der Waals surface area contributed by atoms with Gasteiger partial charge >= 0.3 is 0 Å². The number of unbranched alkanes of at least 4 members (excludes halogenated alkanes) is 3. The summed E-state index contributed by atoms with van der Waals surface area (Å²) in [6.07, 6.45) is 6.74. The second kappa shape index (κ2) is 5.69. The van der Waals surface area contributed by atoms with Crippen molar-refractivity contribution < 1.29 is 0 Å². The Morgan fingerprint density at radius 1 is 1.31 bits per heavy atom. The van der Waals surface area contributed by atoms with Crippen molar-refractivity contribution in [3.8, 4) is 0 Å². The molecule has 0 saturated carbocycles. The van der Waals surface area contributed by atoms with Crippen molar-refractivity contribution in [1.29, 1.82) is 0 Å². The standard InChI is InChI=1S/C11H21NS/c1-4-5-6-7-8-11-12-9(2)10(3)13-11/h10-11H,4-8H2,1-3H3/t10-,11+/m0/s1. The summed E-state index contributed by atoms with van der Waals surface area (Å²) >= 11 is 2.03. The van der Waals surface area contributed by atoms with Crippen LogP contribution in [-0.4, -0.2) is 16.3 Å². The molecule has 0 saturated heterocycles. The fourth-order valence-corrected chi connectivity index (χ4v) is 2.83. The number of hydrogen-bond donors (Lipinski definition) is 0. The predicted octanol–water partition coefficient (Wildman–Crippen LogP) is 3.88. The molecule has 0 aromatic heterocycles. The summed E-state index contributed by atoms with van der Waals surface area (Å²) in [5.74, 6) is 0. The number of rotatable bonds is 5. The molecule has 1 aliphatic heterocycles. The highest BCUT2D eigenvalue weighted by molar-refractivity contribution is 8.01. The minimum absolute atomic E-state index is 0.576. The molecule has 0 aromatic rings. The van der Waals surface area contributed by atoms with Gasteiger partial charge in [-0.2, -0.15) is 0 Å². The first-order valence-electron chi connectivity index (χ1n) is 5.43. The Balaban J connectivity index is 2.10. The molecule has 2 heteroatoms. The van der Waals surface area contributed by atoms with Crippen molar-refractivity contribution in [2.75, 3.05) is 0 Å². The lowest BCUT2D eigenvalue weighted by Gasteiger charge is -2.06. The predicted molar refractivity (Wildman–Crippen MR) is 62.7 cm³/mol. The SMILES string of the molecule is CCCCCC[C@@H]1N=C(C)[C@H](C)S1. The van der Waals surface area contributed by atoms with Gasteiger partial charge in [-0.05, 0) is 20.3 Å². The maximum absolute atomic E-state index is 4.65. The van der Waals surface area contributed by atoms with Crippen molar-refractivity contribution in [1.82, 2.24) is 0 Å². The fourth-order valence-electron chi connectivity index (χ4n) is 1.57. The van der Waals surface area contributed by atoms with Gasteiger partial charge in [-0.1, -0.05) is 32.6 Å². The van der Waals surface area contributed by atoms with Gasteiger partial charge in [0, 0.05) is 11.0 Å². The van der Waals surface area contributed by atoms with Gasteiger partial charge in [0.15, 0.2) is 0 Å². The molecule has 76 valence electrons. The van der Waals surface area contributed by atoms with Crippen LogP contribution < -0.4 is 0 Å². The first-order chi connectivity index (χ1) is 6.24. The molecule has 0 aromatic carbocycles. The van der Waals surface area contributed by atoms with Gasteiger partial charge < -0.3 is 0 Å². The Kier molecular flexibility index (Phi) is 4.86. The van der Waals surface area contributed by atoms with Gasteiger partial charge in [-0.25, -0.2) is 0 Å². The van der Waals surface area contributed by atoms with E-state index >= 15 is 0 Å². The third kappa shape index (κ3) is 3.72. The molecule has 0 radical (unpaired) electrons. The van der Waals surface area contributed by atoms with Gasteiger partial charge in [0.2, 0.25) is 0 Å². The molecule has 13 heavy (non-hydrogen) atoms. The second-order valence-corrected chi connectivity index (χ2v) is 5.38. The molecule has 2 atom stereocenters. The van der Waals surface area contributed by atoms with Crippen LogP contribution in [-0.2, 0) is 0 Å². The van der Waals surface area contributed by atoms with Crippen molar-refractivity contribution in [3.05, 3.63) is 0 Å². The van der Waals surface area contributed by atoms with Crippen LogP contribution in [0.15, 0.2) is 4.99 Å². The average Bonchev–Trinajstić information content (AvgIpc) is 2.41. The molecule has 0 amide bonds. The largest absolute Gasteiger partial charge is 0.279 e. The first-order valence-corrected chi connectivity index (χ1v) is 6.38. The van der Waals surface area contributed by atoms with E-state index in [9.17, 15) is 0 Å². The van der Waals surface area contributed by atoms with Crippen LogP contribution in [0.1, 0.15) is 52.9 Å². The third-order valence-corrected chi connectivity index (χ3v) is 4.01. The monoisotopic (exact) mass is 199 g/mol. The molecule has 0 bridgehead atoms. The van der Waals surface area contributed by atoms with Gasteiger partial charge in [0.05, 0.1) is 5.37 Å². The molecular weight excluding hydrogens is 178 g/mol. The maximum atomic E-state index is 4.65. The molecule has 0 N–H and O–H groups in total. The molecular formula is C11H21NS. The quantitative estimate of drug-likeness (QED) is 0.612. The molecule has 0 fully saturated rings. The van der Waals surface area contributed by atoms with E-state index in [4.69, 9.17) is 0 Å². The fraction of sp³-hybridized carbons (Fsp3) is 0.909. The summed E-state index contributed by atoms with van der Waals surface area (Å²) in [6.45, 7) is 6.67. The van der Waals surface area contributed by atoms with E-state index in [1.54, 1.807) is 0 Å². The highest BCUT2D eigenvalue weighted by Gasteiger charge is 2.21. The topological polar surface area (TPSA) is 12.4 Å². The van der Waals surface area contributed by atoms with E-state index < -0.39 is 0 Å². The minimum atomic E-state index is 0.576. The van der Waals surface area contributed by atoms with Crippen molar-refractivity contribution in [2.45, 2.75) is 63.5 Å². The smallest absolute Gasteiger partial charge is 0.0957 e. The number of aliphatic imine (C=N–C) groups is 1. The van der Waals surface area contributed by atoms with Gasteiger partial charge in [0.25, 0.3) is 0 Å². The zero-order chi connectivity index (χ0) is 9.68. The Bertz CT molecular complexity index is 177. The van der Waals surface area contributed by atoms with E-state index in [-0.39, 0.29) is 0 Å². The Hall–Kier alpha value is 0.0200. The maximum Gasteiger partial charge on any atom is 0.0957 e. The van der Waals surface area contributed by atoms with Crippen LogP contribution in [0.25, 0.3) is 0 Å². The van der Waals surface area contributed by atoms with Crippen molar-refractivity contribution in [3.63, 3.8) is 0 Å². The van der Waals surface area contributed by atoms with E-state index in [0.717, 1.165) is 0 Å². The molecule has 1 heterocycles. The summed E-state index contributed by atoms with van der Waals surface area (Å²) in [6, 6.07) is 0. The number of nitrogens with zero attached hydrogens (tertiary/aromatic N) is 1. The van der Waals surface area contributed by atoms with Crippen LogP contribution in [0, 0.1) is 0 Å². The summed E-state index contributed by atoms with van der Waals surface area (Å²) in [7, 11) is 0. The second-order valence-electron chi connectivity index (χ2n) is 3.85. The average molecular weight is 199 g/mol. The molecule has 0 spiro atoms. The number of hydrogen-bond acceptors (Lipinski definition) is 2. The summed E-state index contributed by atoms with van der Waals surface area (Å²) in [5, 5.41) is 1.24. The lowest BCUT2D eigenvalue weighted by atomic mass is 10.1.